The number of rotatable bonds is 1. The van der Waals surface area contributed by atoms with E-state index in [1.165, 1.54) is 32.1 Å². The Morgan fingerprint density at radius 1 is 1.05 bits per heavy atom. The van der Waals surface area contributed by atoms with E-state index in [4.69, 9.17) is 0 Å². The zero-order valence-corrected chi connectivity index (χ0v) is 14.4. The van der Waals surface area contributed by atoms with Crippen LogP contribution in [0.25, 0.3) is 0 Å². The summed E-state index contributed by atoms with van der Waals surface area (Å²) in [7, 11) is 0. The standard InChI is InChI=1S/C19H34O/c1-17(2,3)16(20)15-12-8-9-13-14(12)18(4,5)10-7-11-19(13,15)6/h12-16,20H,7-11H2,1-6H3/t12-,13+,14+,15+,16+,19-/m0/s1. The first-order chi connectivity index (χ1) is 9.09. The third-order valence-electron chi connectivity index (χ3n) is 7.44. The van der Waals surface area contributed by atoms with Gasteiger partial charge in [-0.1, -0.05) is 48.0 Å². The van der Waals surface area contributed by atoms with Crippen molar-refractivity contribution in [1.82, 2.24) is 0 Å². The van der Waals surface area contributed by atoms with Crippen LogP contribution in [0, 0.1) is 39.9 Å². The van der Waals surface area contributed by atoms with Gasteiger partial charge in [0.15, 0.2) is 0 Å². The quantitative estimate of drug-likeness (QED) is 0.724. The smallest absolute Gasteiger partial charge is 0.0624 e. The Labute approximate surface area is 125 Å². The molecular formula is C19H34O. The van der Waals surface area contributed by atoms with Gasteiger partial charge >= 0.3 is 0 Å². The van der Waals surface area contributed by atoms with E-state index in [2.05, 4.69) is 41.5 Å². The van der Waals surface area contributed by atoms with E-state index in [1.54, 1.807) is 0 Å². The highest BCUT2D eigenvalue weighted by atomic mass is 16.3. The molecule has 6 atom stereocenters. The minimum atomic E-state index is -0.140. The van der Waals surface area contributed by atoms with Crippen LogP contribution in [0.15, 0.2) is 0 Å². The lowest BCUT2D eigenvalue weighted by Gasteiger charge is -2.47. The summed E-state index contributed by atoms with van der Waals surface area (Å²) in [6.45, 7) is 14.2. The Morgan fingerprint density at radius 2 is 1.70 bits per heavy atom. The van der Waals surface area contributed by atoms with E-state index in [0.29, 0.717) is 16.7 Å². The number of hydrogen-bond donors (Lipinski definition) is 1. The summed E-state index contributed by atoms with van der Waals surface area (Å²) >= 11 is 0. The Morgan fingerprint density at radius 3 is 2.30 bits per heavy atom. The lowest BCUT2D eigenvalue weighted by molar-refractivity contribution is -0.0728. The monoisotopic (exact) mass is 278 g/mol. The summed E-state index contributed by atoms with van der Waals surface area (Å²) < 4.78 is 0. The Bertz CT molecular complexity index is 391. The molecule has 3 saturated carbocycles. The fourth-order valence-corrected chi connectivity index (χ4v) is 6.61. The zero-order chi connectivity index (χ0) is 14.9. The molecule has 0 aromatic heterocycles. The Kier molecular flexibility index (Phi) is 3.16. The molecule has 20 heavy (non-hydrogen) atoms. The highest BCUT2D eigenvalue weighted by Gasteiger charge is 2.66. The van der Waals surface area contributed by atoms with Crippen molar-refractivity contribution in [2.45, 2.75) is 79.8 Å². The van der Waals surface area contributed by atoms with Crippen LogP contribution in [-0.4, -0.2) is 11.2 Å². The molecule has 3 fully saturated rings. The Balaban J connectivity index is 2.02. The van der Waals surface area contributed by atoms with Gasteiger partial charge < -0.3 is 5.11 Å². The van der Waals surface area contributed by atoms with Crippen LogP contribution < -0.4 is 0 Å². The molecule has 1 N–H and O–H groups in total. The average Bonchev–Trinajstić information content (AvgIpc) is 2.78. The van der Waals surface area contributed by atoms with Crippen molar-refractivity contribution in [3.8, 4) is 0 Å². The van der Waals surface area contributed by atoms with Crippen LogP contribution in [0.4, 0.5) is 0 Å². The normalized spacial score (nSPS) is 48.1. The van der Waals surface area contributed by atoms with Crippen LogP contribution in [-0.2, 0) is 0 Å². The minimum Gasteiger partial charge on any atom is -0.392 e. The summed E-state index contributed by atoms with van der Waals surface area (Å²) in [6.07, 6.45) is 6.73. The third kappa shape index (κ3) is 1.84. The fourth-order valence-electron chi connectivity index (χ4n) is 6.61. The first kappa shape index (κ1) is 14.9. The molecule has 3 aliphatic carbocycles. The molecule has 0 aromatic carbocycles. The van der Waals surface area contributed by atoms with Crippen molar-refractivity contribution in [3.05, 3.63) is 0 Å². The van der Waals surface area contributed by atoms with Gasteiger partial charge in [0.1, 0.15) is 0 Å². The largest absolute Gasteiger partial charge is 0.392 e. The van der Waals surface area contributed by atoms with Gasteiger partial charge in [0.05, 0.1) is 6.10 Å². The molecule has 0 spiro atoms. The lowest BCUT2D eigenvalue weighted by atomic mass is 9.59. The van der Waals surface area contributed by atoms with Crippen LogP contribution in [0.2, 0.25) is 0 Å². The molecule has 0 saturated heterocycles. The maximum Gasteiger partial charge on any atom is 0.0624 e. The van der Waals surface area contributed by atoms with Gasteiger partial charge in [-0.05, 0) is 65.6 Å². The third-order valence-corrected chi connectivity index (χ3v) is 7.44. The van der Waals surface area contributed by atoms with Crippen molar-refractivity contribution >= 4 is 0 Å². The van der Waals surface area contributed by atoms with Crippen LogP contribution >= 0.6 is 0 Å². The van der Waals surface area contributed by atoms with E-state index in [-0.39, 0.29) is 11.5 Å². The SMILES string of the molecule is CC(C)(C)[C@H](O)[C@H]1[C@H]2CC[C@@H]3[C@@H]2C(C)(C)CCC[C@]13C. The molecule has 1 nitrogen and oxygen atoms in total. The summed E-state index contributed by atoms with van der Waals surface area (Å²) in [4.78, 5) is 0. The molecule has 3 aliphatic rings. The van der Waals surface area contributed by atoms with Gasteiger partial charge in [0.2, 0.25) is 0 Å². The van der Waals surface area contributed by atoms with Crippen molar-refractivity contribution in [2.75, 3.05) is 0 Å². The number of hydrogen-bond acceptors (Lipinski definition) is 1. The molecule has 0 heterocycles. The first-order valence-corrected chi connectivity index (χ1v) is 8.77. The van der Waals surface area contributed by atoms with Crippen LogP contribution in [0.5, 0.6) is 0 Å². The van der Waals surface area contributed by atoms with E-state index in [1.807, 2.05) is 0 Å². The predicted molar refractivity (Wildman–Crippen MR) is 84.4 cm³/mol. The van der Waals surface area contributed by atoms with E-state index in [9.17, 15) is 5.11 Å². The predicted octanol–water partition coefficient (Wildman–Crippen LogP) is 4.88. The second-order valence-electron chi connectivity index (χ2n) is 10.1. The van der Waals surface area contributed by atoms with Gasteiger partial charge in [0, 0.05) is 0 Å². The number of aliphatic hydroxyl groups is 1. The maximum absolute atomic E-state index is 11.1. The van der Waals surface area contributed by atoms with Crippen LogP contribution in [0.1, 0.15) is 73.6 Å². The van der Waals surface area contributed by atoms with Gasteiger partial charge in [0.25, 0.3) is 0 Å². The Hall–Kier alpha value is -0.0400. The van der Waals surface area contributed by atoms with E-state index >= 15 is 0 Å². The first-order valence-electron chi connectivity index (χ1n) is 8.77. The second-order valence-corrected chi connectivity index (χ2v) is 10.1. The van der Waals surface area contributed by atoms with Gasteiger partial charge in [-0.3, -0.25) is 0 Å². The molecule has 116 valence electrons. The van der Waals surface area contributed by atoms with Gasteiger partial charge in [-0.2, -0.15) is 0 Å². The topological polar surface area (TPSA) is 20.2 Å². The molecule has 4 bridgehead atoms. The van der Waals surface area contributed by atoms with E-state index < -0.39 is 0 Å². The highest BCUT2D eigenvalue weighted by Crippen LogP contribution is 2.72. The molecule has 3 rings (SSSR count). The van der Waals surface area contributed by atoms with Crippen molar-refractivity contribution < 1.29 is 5.11 Å². The summed E-state index contributed by atoms with van der Waals surface area (Å²) in [5, 5.41) is 11.1. The molecule has 0 aromatic rings. The van der Waals surface area contributed by atoms with Crippen molar-refractivity contribution in [1.29, 1.82) is 0 Å². The fraction of sp³-hybridized carbons (Fsp3) is 1.00. The molecule has 1 heteroatoms. The average molecular weight is 278 g/mol. The molecule has 0 radical (unpaired) electrons. The van der Waals surface area contributed by atoms with Crippen molar-refractivity contribution in [3.63, 3.8) is 0 Å². The number of aliphatic hydroxyl groups excluding tert-OH is 1. The zero-order valence-electron chi connectivity index (χ0n) is 14.4. The van der Waals surface area contributed by atoms with Crippen molar-refractivity contribution in [2.24, 2.45) is 39.9 Å². The van der Waals surface area contributed by atoms with Crippen LogP contribution in [0.3, 0.4) is 0 Å². The minimum absolute atomic E-state index is 0.0182. The lowest BCUT2D eigenvalue weighted by Crippen LogP contribution is -2.46. The molecule has 0 aliphatic heterocycles. The second kappa shape index (κ2) is 4.24. The van der Waals surface area contributed by atoms with E-state index in [0.717, 1.165) is 17.8 Å². The molecule has 0 amide bonds. The maximum atomic E-state index is 11.1. The molecular weight excluding hydrogens is 244 g/mol. The highest BCUT2D eigenvalue weighted by molar-refractivity contribution is 5.15. The molecule has 0 unspecified atom stereocenters. The van der Waals surface area contributed by atoms with Gasteiger partial charge in [-0.15, -0.1) is 0 Å². The van der Waals surface area contributed by atoms with Gasteiger partial charge in [-0.25, -0.2) is 0 Å². The summed E-state index contributed by atoms with van der Waals surface area (Å²) in [5.41, 5.74) is 0.897. The summed E-state index contributed by atoms with van der Waals surface area (Å²) in [5.74, 6) is 3.03. The summed E-state index contributed by atoms with van der Waals surface area (Å²) in [6, 6.07) is 0.